The van der Waals surface area contributed by atoms with Crippen LogP contribution in [0.1, 0.15) is 32.6 Å². The van der Waals surface area contributed by atoms with Crippen LogP contribution in [0, 0.1) is 0 Å². The average molecular weight is 269 g/mol. The first-order chi connectivity index (χ1) is 9.83. The Hall–Kier alpha value is -1.54. The maximum atomic E-state index is 6.46. The minimum atomic E-state index is 0.0618. The van der Waals surface area contributed by atoms with Gasteiger partial charge in [-0.15, -0.1) is 0 Å². The Bertz CT molecular complexity index is 569. The van der Waals surface area contributed by atoms with Crippen molar-refractivity contribution in [3.05, 3.63) is 42.5 Å². The number of fused-ring (bicyclic) bond motifs is 1. The Morgan fingerprint density at radius 1 is 1.10 bits per heavy atom. The number of hydrogen-bond acceptors (Lipinski definition) is 2. The Balaban J connectivity index is 1.81. The predicted molar refractivity (Wildman–Crippen MR) is 84.3 cm³/mol. The van der Waals surface area contributed by atoms with E-state index in [0.717, 1.165) is 25.3 Å². The maximum absolute atomic E-state index is 6.46. The van der Waals surface area contributed by atoms with Gasteiger partial charge >= 0.3 is 0 Å². The second kappa shape index (κ2) is 5.84. The summed E-state index contributed by atoms with van der Waals surface area (Å²) in [5.41, 5.74) is 0.0618. The number of ether oxygens (including phenoxy) is 1. The second-order valence-electron chi connectivity index (χ2n) is 5.72. The van der Waals surface area contributed by atoms with Gasteiger partial charge in [-0.2, -0.15) is 0 Å². The molecule has 2 aromatic carbocycles. The van der Waals surface area contributed by atoms with Crippen molar-refractivity contribution in [1.82, 2.24) is 5.32 Å². The second-order valence-corrected chi connectivity index (χ2v) is 5.72. The molecule has 20 heavy (non-hydrogen) atoms. The highest BCUT2D eigenvalue weighted by molar-refractivity contribution is 5.88. The van der Waals surface area contributed by atoms with E-state index >= 15 is 0 Å². The van der Waals surface area contributed by atoms with E-state index in [4.69, 9.17) is 4.74 Å². The van der Waals surface area contributed by atoms with Crippen molar-refractivity contribution in [3.8, 4) is 5.75 Å². The van der Waals surface area contributed by atoms with Crippen molar-refractivity contribution in [2.24, 2.45) is 0 Å². The Labute approximate surface area is 121 Å². The third-order valence-electron chi connectivity index (χ3n) is 4.35. The lowest BCUT2D eigenvalue weighted by Crippen LogP contribution is -2.45. The topological polar surface area (TPSA) is 21.3 Å². The van der Waals surface area contributed by atoms with Crippen LogP contribution >= 0.6 is 0 Å². The molecule has 0 heterocycles. The summed E-state index contributed by atoms with van der Waals surface area (Å²) in [6, 6.07) is 14.8. The highest BCUT2D eigenvalue weighted by Gasteiger charge is 2.39. The third-order valence-corrected chi connectivity index (χ3v) is 4.35. The van der Waals surface area contributed by atoms with Crippen molar-refractivity contribution in [2.45, 2.75) is 38.2 Å². The molecule has 1 N–H and O–H groups in total. The molecule has 1 saturated carbocycles. The summed E-state index contributed by atoms with van der Waals surface area (Å²) in [4.78, 5) is 0. The SMILES string of the molecule is CCNCCC1(Oc2cccc3ccccc23)CCC1. The summed E-state index contributed by atoms with van der Waals surface area (Å²) < 4.78 is 6.46. The van der Waals surface area contributed by atoms with Gasteiger partial charge in [0, 0.05) is 5.39 Å². The fraction of sp³-hybridized carbons (Fsp3) is 0.444. The van der Waals surface area contributed by atoms with Gasteiger partial charge in [-0.25, -0.2) is 0 Å². The quantitative estimate of drug-likeness (QED) is 0.796. The lowest BCUT2D eigenvalue weighted by molar-refractivity contribution is -0.0128. The summed E-state index contributed by atoms with van der Waals surface area (Å²) in [5.74, 6) is 1.04. The van der Waals surface area contributed by atoms with Crippen molar-refractivity contribution in [1.29, 1.82) is 0 Å². The molecule has 0 unspecified atom stereocenters. The Kier molecular flexibility index (Phi) is 3.93. The van der Waals surface area contributed by atoms with Crippen molar-refractivity contribution in [3.63, 3.8) is 0 Å². The molecule has 0 aromatic heterocycles. The molecule has 0 spiro atoms. The van der Waals surface area contributed by atoms with E-state index in [0.29, 0.717) is 0 Å². The minimum Gasteiger partial charge on any atom is -0.487 e. The Morgan fingerprint density at radius 3 is 2.65 bits per heavy atom. The van der Waals surface area contributed by atoms with Crippen LogP contribution in [0.3, 0.4) is 0 Å². The van der Waals surface area contributed by atoms with Crippen molar-refractivity contribution in [2.75, 3.05) is 13.1 Å². The fourth-order valence-electron chi connectivity index (χ4n) is 2.99. The number of nitrogens with one attached hydrogen (secondary N) is 1. The molecule has 1 aliphatic rings. The van der Waals surface area contributed by atoms with Crippen molar-refractivity contribution >= 4 is 10.8 Å². The van der Waals surface area contributed by atoms with Gasteiger partial charge in [0.25, 0.3) is 0 Å². The van der Waals surface area contributed by atoms with Gasteiger partial charge in [-0.3, -0.25) is 0 Å². The van der Waals surface area contributed by atoms with E-state index in [2.05, 4.69) is 54.7 Å². The number of hydrogen-bond donors (Lipinski definition) is 1. The summed E-state index contributed by atoms with van der Waals surface area (Å²) in [6.07, 6.45) is 4.75. The van der Waals surface area contributed by atoms with Crippen molar-refractivity contribution < 1.29 is 4.74 Å². The van der Waals surface area contributed by atoms with Gasteiger partial charge in [0.2, 0.25) is 0 Å². The van der Waals surface area contributed by atoms with Gasteiger partial charge in [0.1, 0.15) is 11.4 Å². The van der Waals surface area contributed by atoms with Gasteiger partial charge in [0.15, 0.2) is 0 Å². The van der Waals surface area contributed by atoms with Gasteiger partial charge in [-0.05, 0) is 50.2 Å². The predicted octanol–water partition coefficient (Wildman–Crippen LogP) is 4.14. The fourth-order valence-corrected chi connectivity index (χ4v) is 2.99. The van der Waals surface area contributed by atoms with Gasteiger partial charge < -0.3 is 10.1 Å². The molecule has 0 amide bonds. The molecule has 3 rings (SSSR count). The van der Waals surface area contributed by atoms with Crippen LogP contribution in [0.25, 0.3) is 10.8 Å². The summed E-state index contributed by atoms with van der Waals surface area (Å²) >= 11 is 0. The molecule has 0 atom stereocenters. The largest absolute Gasteiger partial charge is 0.487 e. The molecule has 1 fully saturated rings. The molecule has 0 saturated heterocycles. The zero-order valence-electron chi connectivity index (χ0n) is 12.2. The van der Waals surface area contributed by atoms with E-state index in [1.165, 1.54) is 30.0 Å². The van der Waals surface area contributed by atoms with Crippen LogP contribution in [-0.2, 0) is 0 Å². The number of rotatable bonds is 6. The monoisotopic (exact) mass is 269 g/mol. The molecular weight excluding hydrogens is 246 g/mol. The molecule has 106 valence electrons. The van der Waals surface area contributed by atoms with Gasteiger partial charge in [0.05, 0.1) is 0 Å². The zero-order chi connectivity index (χ0) is 13.8. The molecule has 0 bridgehead atoms. The molecule has 2 aromatic rings. The molecule has 0 aliphatic heterocycles. The van der Waals surface area contributed by atoms with Crippen LogP contribution in [0.2, 0.25) is 0 Å². The third kappa shape index (κ3) is 2.66. The van der Waals surface area contributed by atoms with Crippen LogP contribution in [0.5, 0.6) is 5.75 Å². The van der Waals surface area contributed by atoms with Crippen LogP contribution in [0.15, 0.2) is 42.5 Å². The average Bonchev–Trinajstić information content (AvgIpc) is 2.45. The van der Waals surface area contributed by atoms with Crippen LogP contribution in [-0.4, -0.2) is 18.7 Å². The molecule has 2 nitrogen and oxygen atoms in total. The zero-order valence-corrected chi connectivity index (χ0v) is 12.2. The maximum Gasteiger partial charge on any atom is 0.127 e. The van der Waals surface area contributed by atoms with E-state index < -0.39 is 0 Å². The highest BCUT2D eigenvalue weighted by Crippen LogP contribution is 2.41. The summed E-state index contributed by atoms with van der Waals surface area (Å²) in [7, 11) is 0. The first kappa shape index (κ1) is 13.4. The van der Waals surface area contributed by atoms with E-state index in [1.807, 2.05) is 0 Å². The van der Waals surface area contributed by atoms with E-state index in [9.17, 15) is 0 Å². The summed E-state index contributed by atoms with van der Waals surface area (Å²) in [5, 5.41) is 5.90. The normalized spacial score (nSPS) is 16.9. The standard InChI is InChI=1S/C18H23NO/c1-2-19-14-13-18(11-6-12-18)20-17-10-5-8-15-7-3-4-9-16(15)17/h3-5,7-10,19H,2,6,11-14H2,1H3. The van der Waals surface area contributed by atoms with Crippen LogP contribution in [0.4, 0.5) is 0 Å². The van der Waals surface area contributed by atoms with Gasteiger partial charge in [-0.1, -0.05) is 43.3 Å². The molecule has 0 radical (unpaired) electrons. The summed E-state index contributed by atoms with van der Waals surface area (Å²) in [6.45, 7) is 4.23. The Morgan fingerprint density at radius 2 is 1.90 bits per heavy atom. The molecular formula is C18H23NO. The van der Waals surface area contributed by atoms with E-state index in [1.54, 1.807) is 0 Å². The highest BCUT2D eigenvalue weighted by atomic mass is 16.5. The molecule has 2 heteroatoms. The lowest BCUT2D eigenvalue weighted by Gasteiger charge is -2.42. The number of benzene rings is 2. The molecule has 1 aliphatic carbocycles. The smallest absolute Gasteiger partial charge is 0.127 e. The first-order valence-corrected chi connectivity index (χ1v) is 7.70. The lowest BCUT2D eigenvalue weighted by atomic mass is 9.77. The van der Waals surface area contributed by atoms with Crippen LogP contribution < -0.4 is 10.1 Å². The van der Waals surface area contributed by atoms with E-state index in [-0.39, 0.29) is 5.60 Å². The first-order valence-electron chi connectivity index (χ1n) is 7.70. The minimum absolute atomic E-state index is 0.0618.